The molecule has 0 spiro atoms. The molecule has 0 aliphatic carbocycles. The highest BCUT2D eigenvalue weighted by molar-refractivity contribution is 8.26. The van der Waals surface area contributed by atoms with Gasteiger partial charge < -0.3 is 10.4 Å². The van der Waals surface area contributed by atoms with Crippen LogP contribution in [-0.4, -0.2) is 44.8 Å². The number of amides is 2. The molecule has 5 nitrogen and oxygen atoms in total. The second-order valence-electron chi connectivity index (χ2n) is 6.86. The van der Waals surface area contributed by atoms with E-state index >= 15 is 0 Å². The molecule has 8 heteroatoms. The minimum atomic E-state index is -0.847. The van der Waals surface area contributed by atoms with Crippen molar-refractivity contribution in [1.82, 2.24) is 10.2 Å². The van der Waals surface area contributed by atoms with Crippen molar-refractivity contribution in [2.45, 2.75) is 25.4 Å². The van der Waals surface area contributed by atoms with Gasteiger partial charge in [0.1, 0.15) is 16.2 Å². The number of carbonyl (C=O) groups excluding carboxylic acids is 2. The number of aliphatic hydroxyl groups is 1. The summed E-state index contributed by atoms with van der Waals surface area (Å²) in [5.41, 5.74) is 1.52. The summed E-state index contributed by atoms with van der Waals surface area (Å²) in [6.45, 7) is 1.35. The zero-order valence-electron chi connectivity index (χ0n) is 16.2. The van der Waals surface area contributed by atoms with Crippen LogP contribution in [0, 0.1) is 5.82 Å². The number of hydrogen-bond acceptors (Lipinski definition) is 5. The Hall–Kier alpha value is -2.55. The van der Waals surface area contributed by atoms with E-state index in [9.17, 15) is 19.1 Å². The molecule has 156 valence electrons. The molecule has 1 saturated heterocycles. The van der Waals surface area contributed by atoms with Crippen LogP contribution >= 0.6 is 24.0 Å². The molecule has 2 aromatic rings. The average Bonchev–Trinajstić information content (AvgIpc) is 3.00. The monoisotopic (exact) mass is 444 g/mol. The Morgan fingerprint density at radius 1 is 1.27 bits per heavy atom. The van der Waals surface area contributed by atoms with Gasteiger partial charge in [0.25, 0.3) is 5.91 Å². The van der Waals surface area contributed by atoms with Crippen molar-refractivity contribution < 1.29 is 19.1 Å². The minimum Gasteiger partial charge on any atom is -0.394 e. The number of aliphatic hydroxyl groups excluding tert-OH is 1. The van der Waals surface area contributed by atoms with Crippen molar-refractivity contribution in [2.24, 2.45) is 0 Å². The first-order valence-electron chi connectivity index (χ1n) is 9.37. The number of carbonyl (C=O) groups is 2. The van der Waals surface area contributed by atoms with E-state index in [1.807, 2.05) is 30.3 Å². The van der Waals surface area contributed by atoms with Crippen LogP contribution < -0.4 is 5.32 Å². The van der Waals surface area contributed by atoms with Crippen molar-refractivity contribution in [3.05, 3.63) is 76.4 Å². The Labute approximate surface area is 184 Å². The Balaban J connectivity index is 1.69. The van der Waals surface area contributed by atoms with Gasteiger partial charge in [0.05, 0.1) is 17.6 Å². The van der Waals surface area contributed by atoms with Gasteiger partial charge in [0.15, 0.2) is 0 Å². The molecule has 1 heterocycles. The number of nitrogens with zero attached hydrogens (tertiary/aromatic N) is 1. The molecule has 0 saturated carbocycles. The molecule has 0 aromatic heterocycles. The third-order valence-electron chi connectivity index (χ3n) is 4.63. The molecule has 2 amide bonds. The van der Waals surface area contributed by atoms with Crippen LogP contribution in [0.2, 0.25) is 0 Å². The Kier molecular flexibility index (Phi) is 7.36. The van der Waals surface area contributed by atoms with Crippen molar-refractivity contribution >= 4 is 46.2 Å². The third kappa shape index (κ3) is 5.33. The number of thioether (sulfide) groups is 1. The van der Waals surface area contributed by atoms with Crippen LogP contribution in [0.1, 0.15) is 18.1 Å². The fourth-order valence-electron chi connectivity index (χ4n) is 3.06. The number of nitrogens with one attached hydrogen (secondary N) is 1. The smallest absolute Gasteiger partial charge is 0.266 e. The summed E-state index contributed by atoms with van der Waals surface area (Å²) in [4.78, 5) is 27.1. The lowest BCUT2D eigenvalue weighted by molar-refractivity contribution is -0.132. The van der Waals surface area contributed by atoms with Crippen molar-refractivity contribution in [3.63, 3.8) is 0 Å². The first kappa shape index (κ1) is 22.1. The van der Waals surface area contributed by atoms with E-state index in [1.54, 1.807) is 25.1 Å². The third-order valence-corrected chi connectivity index (χ3v) is 5.96. The van der Waals surface area contributed by atoms with Crippen LogP contribution in [0.3, 0.4) is 0 Å². The minimum absolute atomic E-state index is 0.231. The van der Waals surface area contributed by atoms with Crippen LogP contribution in [0.4, 0.5) is 4.39 Å². The second-order valence-corrected chi connectivity index (χ2v) is 8.54. The predicted molar refractivity (Wildman–Crippen MR) is 120 cm³/mol. The lowest BCUT2D eigenvalue weighted by Gasteiger charge is -2.25. The highest BCUT2D eigenvalue weighted by Crippen LogP contribution is 2.34. The number of halogens is 1. The van der Waals surface area contributed by atoms with Gasteiger partial charge in [0, 0.05) is 0 Å². The fourth-order valence-corrected chi connectivity index (χ4v) is 4.48. The zero-order valence-corrected chi connectivity index (χ0v) is 17.9. The lowest BCUT2D eigenvalue weighted by atomic mass is 10.1. The maximum Gasteiger partial charge on any atom is 0.266 e. The molecule has 2 aromatic carbocycles. The van der Waals surface area contributed by atoms with E-state index in [0.29, 0.717) is 16.9 Å². The summed E-state index contributed by atoms with van der Waals surface area (Å²) in [6, 6.07) is 14.0. The van der Waals surface area contributed by atoms with Crippen molar-refractivity contribution in [1.29, 1.82) is 0 Å². The van der Waals surface area contributed by atoms with Gasteiger partial charge in [-0.1, -0.05) is 66.4 Å². The van der Waals surface area contributed by atoms with E-state index in [0.717, 1.165) is 17.3 Å². The van der Waals surface area contributed by atoms with Gasteiger partial charge in [0.2, 0.25) is 5.91 Å². The molecular formula is C22H21FN2O3S2. The van der Waals surface area contributed by atoms with Crippen molar-refractivity contribution in [3.8, 4) is 0 Å². The Morgan fingerprint density at radius 3 is 2.67 bits per heavy atom. The Morgan fingerprint density at radius 2 is 2.00 bits per heavy atom. The lowest BCUT2D eigenvalue weighted by Crippen LogP contribution is -2.51. The maximum absolute atomic E-state index is 13.4. The van der Waals surface area contributed by atoms with Crippen LogP contribution in [0.15, 0.2) is 59.5 Å². The molecule has 0 bridgehead atoms. The molecule has 2 atom stereocenters. The molecule has 1 fully saturated rings. The van der Waals surface area contributed by atoms with E-state index in [1.165, 1.54) is 17.0 Å². The van der Waals surface area contributed by atoms with Gasteiger partial charge in [-0.15, -0.1) is 0 Å². The first-order valence-corrected chi connectivity index (χ1v) is 10.6. The summed E-state index contributed by atoms with van der Waals surface area (Å²) < 4.78 is 13.7. The quantitative estimate of drug-likeness (QED) is 0.507. The fraction of sp³-hybridized carbons (Fsp3) is 0.227. The maximum atomic E-state index is 13.4. The van der Waals surface area contributed by atoms with E-state index in [2.05, 4.69) is 5.32 Å². The summed E-state index contributed by atoms with van der Waals surface area (Å²) in [5, 5.41) is 12.4. The molecule has 30 heavy (non-hydrogen) atoms. The molecule has 0 radical (unpaired) electrons. The SMILES string of the molecule is CC(C(=O)NC(CO)Cc1ccccc1)N1C(=O)C(=Cc2cccc(F)c2)SC1=S. The molecular weight excluding hydrogens is 423 g/mol. The molecule has 2 unspecified atom stereocenters. The highest BCUT2D eigenvalue weighted by atomic mass is 32.2. The number of rotatable bonds is 7. The van der Waals surface area contributed by atoms with Gasteiger partial charge in [-0.05, 0) is 42.7 Å². The van der Waals surface area contributed by atoms with E-state index in [4.69, 9.17) is 12.2 Å². The molecule has 2 N–H and O–H groups in total. The van der Waals surface area contributed by atoms with Gasteiger partial charge >= 0.3 is 0 Å². The topological polar surface area (TPSA) is 69.6 Å². The summed E-state index contributed by atoms with van der Waals surface area (Å²) >= 11 is 6.38. The Bertz CT molecular complexity index is 981. The normalized spacial score (nSPS) is 17.3. The standard InChI is InChI=1S/C22H21FN2O3S2/c1-14(20(27)24-18(13-26)11-15-6-3-2-4-7-15)25-21(28)19(30-22(25)29)12-16-8-5-9-17(23)10-16/h2-10,12,14,18,26H,11,13H2,1H3,(H,24,27). The van der Waals surface area contributed by atoms with Gasteiger partial charge in [-0.2, -0.15) is 0 Å². The van der Waals surface area contributed by atoms with Gasteiger partial charge in [-0.25, -0.2) is 4.39 Å². The van der Waals surface area contributed by atoms with Crippen molar-refractivity contribution in [2.75, 3.05) is 6.61 Å². The highest BCUT2D eigenvalue weighted by Gasteiger charge is 2.38. The molecule has 1 aliphatic rings. The van der Waals surface area contributed by atoms with Gasteiger partial charge in [-0.3, -0.25) is 14.5 Å². The van der Waals surface area contributed by atoms with E-state index < -0.39 is 29.7 Å². The zero-order chi connectivity index (χ0) is 21.7. The molecule has 1 aliphatic heterocycles. The average molecular weight is 445 g/mol. The van der Waals surface area contributed by atoms with Crippen LogP contribution in [0.5, 0.6) is 0 Å². The largest absolute Gasteiger partial charge is 0.394 e. The molecule has 3 rings (SSSR count). The summed E-state index contributed by atoms with van der Waals surface area (Å²) in [6.07, 6.45) is 2.02. The second kappa shape index (κ2) is 9.97. The van der Waals surface area contributed by atoms with E-state index in [-0.39, 0.29) is 10.9 Å². The number of hydrogen-bond donors (Lipinski definition) is 2. The summed E-state index contributed by atoms with van der Waals surface area (Å²) in [7, 11) is 0. The number of thiocarbonyl (C=S) groups is 1. The van der Waals surface area contributed by atoms with Crippen LogP contribution in [0.25, 0.3) is 6.08 Å². The summed E-state index contributed by atoms with van der Waals surface area (Å²) in [5.74, 6) is -1.21. The van der Waals surface area contributed by atoms with Crippen LogP contribution in [-0.2, 0) is 16.0 Å². The first-order chi connectivity index (χ1) is 14.4. The number of benzene rings is 2. The predicted octanol–water partition coefficient (Wildman–Crippen LogP) is 3.14.